The number of benzene rings is 2. The van der Waals surface area contributed by atoms with E-state index in [2.05, 4.69) is 4.74 Å². The van der Waals surface area contributed by atoms with Crippen molar-refractivity contribution < 1.29 is 23.6 Å². The number of halogens is 1. The predicted octanol–water partition coefficient (Wildman–Crippen LogP) is 2.75. The van der Waals surface area contributed by atoms with E-state index in [1.54, 1.807) is 0 Å². The molecule has 2 aromatic rings. The van der Waals surface area contributed by atoms with Crippen LogP contribution in [-0.4, -0.2) is 23.8 Å². The van der Waals surface area contributed by atoms with Crippen molar-refractivity contribution in [2.75, 3.05) is 7.11 Å². The summed E-state index contributed by atoms with van der Waals surface area (Å²) in [7, 11) is 1.20. The molecule has 6 nitrogen and oxygen atoms in total. The third-order valence-corrected chi connectivity index (χ3v) is 2.95. The molecule has 0 saturated heterocycles. The van der Waals surface area contributed by atoms with Gasteiger partial charge in [-0.2, -0.15) is 0 Å². The summed E-state index contributed by atoms with van der Waals surface area (Å²) in [4.78, 5) is 33.5. The van der Waals surface area contributed by atoms with Gasteiger partial charge in [-0.1, -0.05) is 12.1 Å². The number of nitro groups is 1. The molecule has 0 N–H and O–H groups in total. The number of carbonyl (C=O) groups is 2. The van der Waals surface area contributed by atoms with Crippen LogP contribution in [0, 0.1) is 15.9 Å². The lowest BCUT2D eigenvalue weighted by Crippen LogP contribution is -2.07. The van der Waals surface area contributed by atoms with E-state index in [0.717, 1.165) is 12.1 Å². The highest BCUT2D eigenvalue weighted by atomic mass is 19.1. The van der Waals surface area contributed by atoms with Crippen LogP contribution >= 0.6 is 0 Å². The standard InChI is InChI=1S/C15H10FNO5/c1-22-15(19)10-4-2-3-9(7-10)14(18)12-6-5-11(17(20)21)8-13(12)16/h2-8H,1H3. The number of ketones is 1. The number of non-ortho nitro benzene ring substituents is 1. The zero-order valence-electron chi connectivity index (χ0n) is 11.4. The van der Waals surface area contributed by atoms with Gasteiger partial charge in [-0.3, -0.25) is 14.9 Å². The van der Waals surface area contributed by atoms with Crippen molar-refractivity contribution in [2.45, 2.75) is 0 Å². The van der Waals surface area contributed by atoms with Gasteiger partial charge in [0, 0.05) is 11.6 Å². The van der Waals surface area contributed by atoms with Crippen LogP contribution in [-0.2, 0) is 4.74 Å². The molecule has 0 aliphatic rings. The van der Waals surface area contributed by atoms with E-state index >= 15 is 0 Å². The van der Waals surface area contributed by atoms with Gasteiger partial charge in [-0.05, 0) is 18.2 Å². The van der Waals surface area contributed by atoms with Gasteiger partial charge < -0.3 is 4.74 Å². The Morgan fingerprint density at radius 3 is 2.41 bits per heavy atom. The minimum atomic E-state index is -0.998. The lowest BCUT2D eigenvalue weighted by Gasteiger charge is -2.05. The number of carbonyl (C=O) groups excluding carboxylic acids is 2. The molecule has 0 heterocycles. The minimum absolute atomic E-state index is 0.0793. The SMILES string of the molecule is COC(=O)c1cccc(C(=O)c2ccc([N+](=O)[O-])cc2F)c1. The zero-order valence-corrected chi connectivity index (χ0v) is 11.4. The van der Waals surface area contributed by atoms with Crippen molar-refractivity contribution in [3.8, 4) is 0 Å². The van der Waals surface area contributed by atoms with Crippen molar-refractivity contribution in [1.82, 2.24) is 0 Å². The van der Waals surface area contributed by atoms with Crippen molar-refractivity contribution in [1.29, 1.82) is 0 Å². The van der Waals surface area contributed by atoms with Crippen LogP contribution < -0.4 is 0 Å². The molecule has 22 heavy (non-hydrogen) atoms. The predicted molar refractivity (Wildman–Crippen MR) is 74.3 cm³/mol. The fourth-order valence-corrected chi connectivity index (χ4v) is 1.86. The Hall–Kier alpha value is -3.09. The molecule has 0 fully saturated rings. The van der Waals surface area contributed by atoms with Gasteiger partial charge in [0.15, 0.2) is 5.78 Å². The highest BCUT2D eigenvalue weighted by Gasteiger charge is 2.18. The lowest BCUT2D eigenvalue weighted by molar-refractivity contribution is -0.385. The number of rotatable bonds is 4. The van der Waals surface area contributed by atoms with E-state index in [9.17, 15) is 24.1 Å². The summed E-state index contributed by atoms with van der Waals surface area (Å²) < 4.78 is 18.4. The summed E-state index contributed by atoms with van der Waals surface area (Å²) in [5.74, 6) is -2.31. The van der Waals surface area contributed by atoms with Crippen molar-refractivity contribution in [2.24, 2.45) is 0 Å². The summed E-state index contributed by atoms with van der Waals surface area (Å²) in [6.45, 7) is 0. The maximum absolute atomic E-state index is 13.9. The summed E-state index contributed by atoms with van der Waals surface area (Å²) in [5.41, 5.74) is -0.531. The van der Waals surface area contributed by atoms with Gasteiger partial charge >= 0.3 is 5.97 Å². The molecule has 0 aliphatic heterocycles. The molecule has 7 heteroatoms. The Bertz CT molecular complexity index is 772. The molecular weight excluding hydrogens is 293 g/mol. The third kappa shape index (κ3) is 2.98. The maximum Gasteiger partial charge on any atom is 0.337 e. The molecule has 0 spiro atoms. The van der Waals surface area contributed by atoms with Crippen molar-refractivity contribution >= 4 is 17.4 Å². The normalized spacial score (nSPS) is 10.1. The van der Waals surface area contributed by atoms with E-state index in [4.69, 9.17) is 0 Å². The van der Waals surface area contributed by atoms with E-state index in [1.165, 1.54) is 31.4 Å². The second-order valence-corrected chi connectivity index (χ2v) is 4.32. The molecule has 0 amide bonds. The molecule has 0 radical (unpaired) electrons. The van der Waals surface area contributed by atoms with Crippen LogP contribution in [0.4, 0.5) is 10.1 Å². The van der Waals surface area contributed by atoms with Gasteiger partial charge in [0.25, 0.3) is 5.69 Å². The minimum Gasteiger partial charge on any atom is -0.465 e. The fraction of sp³-hybridized carbons (Fsp3) is 0.0667. The lowest BCUT2D eigenvalue weighted by atomic mass is 10.0. The van der Waals surface area contributed by atoms with Crippen molar-refractivity contribution in [3.63, 3.8) is 0 Å². The Morgan fingerprint density at radius 1 is 1.14 bits per heavy atom. The topological polar surface area (TPSA) is 86.5 Å². The van der Waals surface area contributed by atoms with Gasteiger partial charge in [-0.15, -0.1) is 0 Å². The molecule has 2 aromatic carbocycles. The average molecular weight is 303 g/mol. The highest BCUT2D eigenvalue weighted by Crippen LogP contribution is 2.20. The van der Waals surface area contributed by atoms with Crippen LogP contribution in [0.5, 0.6) is 0 Å². The Kier molecular flexibility index (Phi) is 4.26. The number of nitro benzene ring substituents is 1. The molecular formula is C15H10FNO5. The first-order valence-corrected chi connectivity index (χ1v) is 6.11. The molecule has 2 rings (SSSR count). The van der Waals surface area contributed by atoms with Crippen molar-refractivity contribution in [3.05, 3.63) is 75.1 Å². The molecule has 0 aromatic heterocycles. The summed E-state index contributed by atoms with van der Waals surface area (Å²) in [6, 6.07) is 8.36. The first-order valence-electron chi connectivity index (χ1n) is 6.11. The summed E-state index contributed by atoms with van der Waals surface area (Å²) in [5, 5.41) is 10.6. The van der Waals surface area contributed by atoms with E-state index < -0.39 is 28.2 Å². The van der Waals surface area contributed by atoms with Gasteiger partial charge in [0.2, 0.25) is 0 Å². The van der Waals surface area contributed by atoms with Crippen LogP contribution in [0.3, 0.4) is 0 Å². The smallest absolute Gasteiger partial charge is 0.337 e. The molecule has 0 atom stereocenters. The van der Waals surface area contributed by atoms with Crippen LogP contribution in [0.15, 0.2) is 42.5 Å². The third-order valence-electron chi connectivity index (χ3n) is 2.95. The number of hydrogen-bond donors (Lipinski definition) is 0. The average Bonchev–Trinajstić information content (AvgIpc) is 2.53. The molecule has 0 bridgehead atoms. The fourth-order valence-electron chi connectivity index (χ4n) is 1.86. The van der Waals surface area contributed by atoms with E-state index in [-0.39, 0.29) is 16.7 Å². The molecule has 0 unspecified atom stereocenters. The highest BCUT2D eigenvalue weighted by molar-refractivity contribution is 6.10. The first-order chi connectivity index (χ1) is 10.4. The van der Waals surface area contributed by atoms with Gasteiger partial charge in [0.1, 0.15) is 5.82 Å². The monoisotopic (exact) mass is 303 g/mol. The Labute approximate surface area is 124 Å². The van der Waals surface area contributed by atoms with E-state index in [0.29, 0.717) is 6.07 Å². The largest absolute Gasteiger partial charge is 0.465 e. The number of esters is 1. The number of methoxy groups -OCH3 is 1. The Morgan fingerprint density at radius 2 is 1.82 bits per heavy atom. The number of ether oxygens (including phenoxy) is 1. The second-order valence-electron chi connectivity index (χ2n) is 4.32. The van der Waals surface area contributed by atoms with Crippen LogP contribution in [0.2, 0.25) is 0 Å². The maximum atomic E-state index is 13.9. The van der Waals surface area contributed by atoms with Crippen LogP contribution in [0.25, 0.3) is 0 Å². The molecule has 0 saturated carbocycles. The van der Waals surface area contributed by atoms with Gasteiger partial charge in [0.05, 0.1) is 29.2 Å². The number of nitrogens with zero attached hydrogens (tertiary/aromatic N) is 1. The zero-order chi connectivity index (χ0) is 16.3. The summed E-state index contributed by atoms with van der Waals surface area (Å²) >= 11 is 0. The summed E-state index contributed by atoms with van der Waals surface area (Å²) in [6.07, 6.45) is 0. The van der Waals surface area contributed by atoms with E-state index in [1.807, 2.05) is 0 Å². The quantitative estimate of drug-likeness (QED) is 0.375. The molecule has 0 aliphatic carbocycles. The van der Waals surface area contributed by atoms with Gasteiger partial charge in [-0.25, -0.2) is 9.18 Å². The Balaban J connectivity index is 2.40. The van der Waals surface area contributed by atoms with Crippen LogP contribution in [0.1, 0.15) is 26.3 Å². The second kappa shape index (κ2) is 6.13. The number of hydrogen-bond acceptors (Lipinski definition) is 5. The molecule has 112 valence electrons. The first kappa shape index (κ1) is 15.3.